The Morgan fingerprint density at radius 2 is 2.05 bits per heavy atom. The zero-order chi connectivity index (χ0) is 15.8. The minimum atomic E-state index is -0.701. The molecule has 0 saturated heterocycles. The third-order valence-electron chi connectivity index (χ3n) is 3.19. The van der Waals surface area contributed by atoms with E-state index in [0.29, 0.717) is 24.5 Å². The molecule has 2 atom stereocenters. The molecule has 0 saturated carbocycles. The van der Waals surface area contributed by atoms with Crippen molar-refractivity contribution < 1.29 is 19.0 Å². The van der Waals surface area contributed by atoms with Gasteiger partial charge >= 0.3 is 5.97 Å². The lowest BCUT2D eigenvalue weighted by molar-refractivity contribution is -0.147. The summed E-state index contributed by atoms with van der Waals surface area (Å²) < 4.78 is 16.1. The van der Waals surface area contributed by atoms with Crippen LogP contribution in [0.25, 0.3) is 0 Å². The van der Waals surface area contributed by atoms with Gasteiger partial charge in [0.15, 0.2) is 17.6 Å². The van der Waals surface area contributed by atoms with Crippen molar-refractivity contribution in [2.75, 3.05) is 13.7 Å². The second-order valence-corrected chi connectivity index (χ2v) is 4.83. The van der Waals surface area contributed by atoms with E-state index in [1.54, 1.807) is 6.92 Å². The van der Waals surface area contributed by atoms with Gasteiger partial charge in [-0.3, -0.25) is 0 Å². The van der Waals surface area contributed by atoms with Gasteiger partial charge in [0.2, 0.25) is 0 Å². The van der Waals surface area contributed by atoms with Gasteiger partial charge < -0.3 is 19.9 Å². The normalized spacial score (nSPS) is 13.4. The Morgan fingerprint density at radius 1 is 1.33 bits per heavy atom. The van der Waals surface area contributed by atoms with Crippen molar-refractivity contribution in [1.82, 2.24) is 0 Å². The molecule has 0 bridgehead atoms. The summed E-state index contributed by atoms with van der Waals surface area (Å²) in [5.74, 6) is 0.766. The van der Waals surface area contributed by atoms with Crippen molar-refractivity contribution in [3.63, 3.8) is 0 Å². The summed E-state index contributed by atoms with van der Waals surface area (Å²) in [6.07, 6.45) is 0.832. The zero-order valence-electron chi connectivity index (χ0n) is 13.2. The fourth-order valence-electron chi connectivity index (χ4n) is 1.94. The molecule has 0 spiro atoms. The average Bonchev–Trinajstić information content (AvgIpc) is 2.49. The molecule has 0 fully saturated rings. The fraction of sp³-hybridized carbons (Fsp3) is 0.562. The molecule has 0 heterocycles. The summed E-state index contributed by atoms with van der Waals surface area (Å²) in [6.45, 7) is 6.11. The molecule has 0 amide bonds. The summed E-state index contributed by atoms with van der Waals surface area (Å²) in [5.41, 5.74) is 6.96. The predicted molar refractivity (Wildman–Crippen MR) is 81.7 cm³/mol. The van der Waals surface area contributed by atoms with Crippen molar-refractivity contribution in [1.29, 1.82) is 0 Å². The highest BCUT2D eigenvalue weighted by Gasteiger charge is 2.20. The van der Waals surface area contributed by atoms with E-state index in [1.807, 2.05) is 32.0 Å². The Labute approximate surface area is 126 Å². The van der Waals surface area contributed by atoms with Crippen LogP contribution in [0.2, 0.25) is 0 Å². The number of esters is 1. The lowest BCUT2D eigenvalue weighted by Crippen LogP contribution is -2.27. The number of hydrogen-bond acceptors (Lipinski definition) is 5. The predicted octanol–water partition coefficient (Wildman–Crippen LogP) is 2.31. The van der Waals surface area contributed by atoms with Crippen molar-refractivity contribution >= 4 is 5.97 Å². The lowest BCUT2D eigenvalue weighted by Gasteiger charge is -2.20. The summed E-state index contributed by atoms with van der Waals surface area (Å²) in [4.78, 5) is 11.6. The summed E-state index contributed by atoms with van der Waals surface area (Å²) >= 11 is 0. The number of methoxy groups -OCH3 is 1. The smallest absolute Gasteiger partial charge is 0.346 e. The first-order valence-electron chi connectivity index (χ1n) is 7.28. The first-order valence-corrected chi connectivity index (χ1v) is 7.28. The van der Waals surface area contributed by atoms with E-state index in [9.17, 15) is 4.79 Å². The van der Waals surface area contributed by atoms with Gasteiger partial charge in [0.1, 0.15) is 0 Å². The van der Waals surface area contributed by atoms with Crippen LogP contribution in [0.3, 0.4) is 0 Å². The molecular formula is C16H25NO4. The third kappa shape index (κ3) is 4.93. The van der Waals surface area contributed by atoms with Gasteiger partial charge in [0, 0.05) is 6.04 Å². The van der Waals surface area contributed by atoms with Gasteiger partial charge in [-0.2, -0.15) is 0 Å². The maximum absolute atomic E-state index is 11.6. The monoisotopic (exact) mass is 295 g/mol. The molecule has 0 aliphatic heterocycles. The minimum absolute atomic E-state index is 0.0395. The van der Waals surface area contributed by atoms with Crippen LogP contribution in [-0.4, -0.2) is 31.8 Å². The molecule has 0 aromatic heterocycles. The van der Waals surface area contributed by atoms with Crippen LogP contribution in [0.1, 0.15) is 32.8 Å². The average molecular weight is 295 g/mol. The quantitative estimate of drug-likeness (QED) is 0.745. The Balaban J connectivity index is 3.07. The van der Waals surface area contributed by atoms with Crippen LogP contribution in [-0.2, 0) is 16.0 Å². The summed E-state index contributed by atoms with van der Waals surface area (Å²) in [6, 6.07) is 5.71. The molecule has 1 rings (SSSR count). The standard InChI is InChI=1S/C16H25NO4/c1-5-13(17)10-12-8-7-9-14(20-6-2)15(12)21-11(3)16(18)19-4/h7-9,11,13H,5-6,10,17H2,1-4H3. The molecule has 1 aromatic carbocycles. The molecule has 5 heteroatoms. The van der Waals surface area contributed by atoms with Crippen molar-refractivity contribution in [2.45, 2.75) is 45.8 Å². The van der Waals surface area contributed by atoms with E-state index in [1.165, 1.54) is 7.11 Å². The zero-order valence-corrected chi connectivity index (χ0v) is 13.2. The number of benzene rings is 1. The van der Waals surface area contributed by atoms with Crippen LogP contribution >= 0.6 is 0 Å². The molecule has 0 aliphatic rings. The van der Waals surface area contributed by atoms with Crippen molar-refractivity contribution in [2.24, 2.45) is 5.73 Å². The molecular weight excluding hydrogens is 270 g/mol. The number of carbonyl (C=O) groups excluding carboxylic acids is 1. The van der Waals surface area contributed by atoms with Crippen LogP contribution in [0.4, 0.5) is 0 Å². The summed E-state index contributed by atoms with van der Waals surface area (Å²) in [5, 5.41) is 0. The summed E-state index contributed by atoms with van der Waals surface area (Å²) in [7, 11) is 1.34. The topological polar surface area (TPSA) is 70.8 Å². The van der Waals surface area contributed by atoms with E-state index < -0.39 is 12.1 Å². The van der Waals surface area contributed by atoms with Crippen LogP contribution < -0.4 is 15.2 Å². The Bertz CT molecular complexity index is 462. The molecule has 118 valence electrons. The van der Waals surface area contributed by atoms with Gasteiger partial charge in [-0.05, 0) is 38.3 Å². The number of hydrogen-bond donors (Lipinski definition) is 1. The molecule has 1 aromatic rings. The Hall–Kier alpha value is -1.75. The first kappa shape index (κ1) is 17.3. The molecule has 21 heavy (non-hydrogen) atoms. The second kappa shape index (κ2) is 8.52. The number of nitrogens with two attached hydrogens (primary N) is 1. The maximum Gasteiger partial charge on any atom is 0.346 e. The maximum atomic E-state index is 11.6. The largest absolute Gasteiger partial charge is 0.490 e. The van der Waals surface area contributed by atoms with Gasteiger partial charge in [-0.25, -0.2) is 4.79 Å². The highest BCUT2D eigenvalue weighted by Crippen LogP contribution is 2.33. The van der Waals surface area contributed by atoms with Crippen molar-refractivity contribution in [3.8, 4) is 11.5 Å². The second-order valence-electron chi connectivity index (χ2n) is 4.83. The van der Waals surface area contributed by atoms with E-state index in [4.69, 9.17) is 19.9 Å². The lowest BCUT2D eigenvalue weighted by atomic mass is 10.0. The van der Waals surface area contributed by atoms with E-state index >= 15 is 0 Å². The molecule has 0 radical (unpaired) electrons. The number of ether oxygens (including phenoxy) is 3. The first-order chi connectivity index (χ1) is 10.0. The SMILES string of the molecule is CCOc1cccc(CC(N)CC)c1OC(C)C(=O)OC. The van der Waals surface area contributed by atoms with Crippen molar-refractivity contribution in [3.05, 3.63) is 23.8 Å². The highest BCUT2D eigenvalue weighted by molar-refractivity contribution is 5.74. The van der Waals surface area contributed by atoms with Gasteiger partial charge in [-0.1, -0.05) is 19.1 Å². The van der Waals surface area contributed by atoms with E-state index in [0.717, 1.165) is 12.0 Å². The number of rotatable bonds is 8. The highest BCUT2D eigenvalue weighted by atomic mass is 16.6. The number of carbonyl (C=O) groups is 1. The van der Waals surface area contributed by atoms with Gasteiger partial charge in [0.25, 0.3) is 0 Å². The minimum Gasteiger partial charge on any atom is -0.490 e. The molecule has 5 nitrogen and oxygen atoms in total. The van der Waals surface area contributed by atoms with E-state index in [2.05, 4.69) is 0 Å². The Kier molecular flexibility index (Phi) is 7.02. The van der Waals surface area contributed by atoms with Crippen LogP contribution in [0.15, 0.2) is 18.2 Å². The third-order valence-corrected chi connectivity index (χ3v) is 3.19. The number of para-hydroxylation sites is 1. The molecule has 2 unspecified atom stereocenters. The van der Waals surface area contributed by atoms with Gasteiger partial charge in [0.05, 0.1) is 13.7 Å². The van der Waals surface area contributed by atoms with Crippen LogP contribution in [0, 0.1) is 0 Å². The molecule has 0 aliphatic carbocycles. The Morgan fingerprint density at radius 3 is 2.62 bits per heavy atom. The fourth-order valence-corrected chi connectivity index (χ4v) is 1.94. The molecule has 2 N–H and O–H groups in total. The van der Waals surface area contributed by atoms with E-state index in [-0.39, 0.29) is 6.04 Å². The van der Waals surface area contributed by atoms with Gasteiger partial charge in [-0.15, -0.1) is 0 Å². The van der Waals surface area contributed by atoms with Crippen LogP contribution in [0.5, 0.6) is 11.5 Å².